The van der Waals surface area contributed by atoms with Crippen LogP contribution in [-0.4, -0.2) is 4.92 Å². The maximum atomic E-state index is 12.3. The molecule has 0 heterocycles. The summed E-state index contributed by atoms with van der Waals surface area (Å²) in [6.07, 6.45) is -3.05. The summed E-state index contributed by atoms with van der Waals surface area (Å²) in [4.78, 5) is 9.24. The molecule has 7 heteroatoms. The van der Waals surface area contributed by atoms with Crippen LogP contribution in [0.15, 0.2) is 24.4 Å². The molecule has 0 N–H and O–H groups in total. The first kappa shape index (κ1) is 12.5. The van der Waals surface area contributed by atoms with E-state index in [2.05, 4.69) is 0 Å². The van der Waals surface area contributed by atoms with Gasteiger partial charge >= 0.3 is 6.18 Å². The zero-order chi connectivity index (χ0) is 12.3. The molecular weight excluding hydrogens is 247 g/mol. The summed E-state index contributed by atoms with van der Waals surface area (Å²) in [6, 6.07) is 2.61. The molecule has 0 aliphatic rings. The van der Waals surface area contributed by atoms with Gasteiger partial charge in [-0.15, -0.1) is 0 Å². The average Bonchev–Trinajstić information content (AvgIpc) is 2.14. The number of hydrogen-bond donors (Lipinski definition) is 0. The van der Waals surface area contributed by atoms with E-state index in [1.165, 1.54) is 0 Å². The second-order valence-corrected chi connectivity index (χ2v) is 3.24. The summed E-state index contributed by atoms with van der Waals surface area (Å²) in [5.41, 5.74) is -0.951. The van der Waals surface area contributed by atoms with E-state index in [-0.39, 0.29) is 10.6 Å². The largest absolute Gasteiger partial charge is 0.416 e. The molecule has 0 saturated heterocycles. The van der Waals surface area contributed by atoms with Crippen molar-refractivity contribution in [3.8, 4) is 0 Å². The van der Waals surface area contributed by atoms with Crippen molar-refractivity contribution < 1.29 is 18.1 Å². The van der Waals surface area contributed by atoms with E-state index in [1.54, 1.807) is 0 Å². The SMILES string of the molecule is O=[N+]([O-])/C=C/c1cc(C(F)(F)F)ccc1Cl. The molecule has 0 bridgehead atoms. The van der Waals surface area contributed by atoms with Gasteiger partial charge < -0.3 is 0 Å². The Morgan fingerprint density at radius 2 is 2.00 bits per heavy atom. The van der Waals surface area contributed by atoms with Crippen molar-refractivity contribution in [1.82, 2.24) is 0 Å². The highest BCUT2D eigenvalue weighted by molar-refractivity contribution is 6.32. The topological polar surface area (TPSA) is 43.1 Å². The number of nitro groups is 1. The van der Waals surface area contributed by atoms with Crippen LogP contribution in [0, 0.1) is 10.1 Å². The van der Waals surface area contributed by atoms with Crippen molar-refractivity contribution in [2.75, 3.05) is 0 Å². The zero-order valence-electron chi connectivity index (χ0n) is 7.66. The highest BCUT2D eigenvalue weighted by Crippen LogP contribution is 2.32. The van der Waals surface area contributed by atoms with Crippen molar-refractivity contribution in [3.63, 3.8) is 0 Å². The van der Waals surface area contributed by atoms with Gasteiger partial charge in [0.05, 0.1) is 10.5 Å². The van der Waals surface area contributed by atoms with E-state index in [9.17, 15) is 23.3 Å². The monoisotopic (exact) mass is 251 g/mol. The van der Waals surface area contributed by atoms with Crippen LogP contribution in [0.3, 0.4) is 0 Å². The molecule has 0 amide bonds. The van der Waals surface area contributed by atoms with E-state index in [1.807, 2.05) is 0 Å². The lowest BCUT2D eigenvalue weighted by atomic mass is 10.1. The van der Waals surface area contributed by atoms with E-state index in [0.29, 0.717) is 6.20 Å². The molecule has 0 unspecified atom stereocenters. The van der Waals surface area contributed by atoms with Gasteiger partial charge in [-0.05, 0) is 23.8 Å². The Morgan fingerprint density at radius 1 is 1.38 bits per heavy atom. The first-order valence-corrected chi connectivity index (χ1v) is 4.37. The maximum absolute atomic E-state index is 12.3. The highest BCUT2D eigenvalue weighted by Gasteiger charge is 2.30. The molecule has 1 aromatic rings. The molecular formula is C9H5ClF3NO2. The van der Waals surface area contributed by atoms with Gasteiger partial charge in [0.25, 0.3) is 0 Å². The number of rotatable bonds is 2. The second-order valence-electron chi connectivity index (χ2n) is 2.84. The van der Waals surface area contributed by atoms with E-state index in [4.69, 9.17) is 11.6 Å². The van der Waals surface area contributed by atoms with Gasteiger partial charge in [-0.3, -0.25) is 10.1 Å². The van der Waals surface area contributed by atoms with Gasteiger partial charge in [0.1, 0.15) is 0 Å². The molecule has 0 saturated carbocycles. The van der Waals surface area contributed by atoms with Crippen molar-refractivity contribution in [2.45, 2.75) is 6.18 Å². The third-order valence-electron chi connectivity index (χ3n) is 1.70. The normalized spacial score (nSPS) is 12.0. The predicted octanol–water partition coefficient (Wildman–Crippen LogP) is 3.61. The van der Waals surface area contributed by atoms with Crippen LogP contribution in [-0.2, 0) is 6.18 Å². The minimum Gasteiger partial charge on any atom is -0.259 e. The van der Waals surface area contributed by atoms with E-state index >= 15 is 0 Å². The van der Waals surface area contributed by atoms with Crippen LogP contribution in [0.5, 0.6) is 0 Å². The Morgan fingerprint density at radius 3 is 2.50 bits per heavy atom. The second kappa shape index (κ2) is 4.52. The van der Waals surface area contributed by atoms with E-state index in [0.717, 1.165) is 24.3 Å². The van der Waals surface area contributed by atoms with Gasteiger partial charge in [0, 0.05) is 11.1 Å². The van der Waals surface area contributed by atoms with Gasteiger partial charge in [0.15, 0.2) is 0 Å². The summed E-state index contributed by atoms with van der Waals surface area (Å²) in [5.74, 6) is 0. The fraction of sp³-hybridized carbons (Fsp3) is 0.111. The molecule has 0 aliphatic carbocycles. The summed E-state index contributed by atoms with van der Waals surface area (Å²) in [7, 11) is 0. The number of hydrogen-bond acceptors (Lipinski definition) is 2. The summed E-state index contributed by atoms with van der Waals surface area (Å²) in [6.45, 7) is 0. The summed E-state index contributed by atoms with van der Waals surface area (Å²) in [5, 5.41) is 10.0. The van der Waals surface area contributed by atoms with Gasteiger partial charge in [-0.2, -0.15) is 13.2 Å². The molecule has 3 nitrogen and oxygen atoms in total. The molecule has 1 aromatic carbocycles. The van der Waals surface area contributed by atoms with Gasteiger partial charge in [0.2, 0.25) is 6.20 Å². The lowest BCUT2D eigenvalue weighted by molar-refractivity contribution is -0.400. The Hall–Kier alpha value is -1.56. The molecule has 86 valence electrons. The van der Waals surface area contributed by atoms with Crippen LogP contribution in [0.2, 0.25) is 5.02 Å². The Bertz CT molecular complexity index is 443. The predicted molar refractivity (Wildman–Crippen MR) is 52.5 cm³/mol. The molecule has 0 spiro atoms. The number of halogens is 4. The molecule has 0 aromatic heterocycles. The van der Waals surface area contributed by atoms with Crippen molar-refractivity contribution >= 4 is 17.7 Å². The molecule has 0 atom stereocenters. The zero-order valence-corrected chi connectivity index (χ0v) is 8.42. The third-order valence-corrected chi connectivity index (χ3v) is 2.04. The first-order valence-electron chi connectivity index (χ1n) is 3.99. The molecule has 0 radical (unpaired) electrons. The number of nitrogens with zero attached hydrogens (tertiary/aromatic N) is 1. The van der Waals surface area contributed by atoms with Crippen LogP contribution in [0.25, 0.3) is 6.08 Å². The smallest absolute Gasteiger partial charge is 0.259 e. The Kier molecular flexibility index (Phi) is 3.54. The van der Waals surface area contributed by atoms with Crippen molar-refractivity contribution in [3.05, 3.63) is 50.7 Å². The Labute approximate surface area is 93.3 Å². The minimum absolute atomic E-state index is 0.0195. The Balaban J connectivity index is 3.14. The van der Waals surface area contributed by atoms with Crippen LogP contribution < -0.4 is 0 Å². The number of alkyl halides is 3. The molecule has 16 heavy (non-hydrogen) atoms. The van der Waals surface area contributed by atoms with Crippen molar-refractivity contribution in [1.29, 1.82) is 0 Å². The molecule has 0 aliphatic heterocycles. The van der Waals surface area contributed by atoms with Crippen LogP contribution in [0.1, 0.15) is 11.1 Å². The highest BCUT2D eigenvalue weighted by atomic mass is 35.5. The fourth-order valence-corrected chi connectivity index (χ4v) is 1.17. The maximum Gasteiger partial charge on any atom is 0.416 e. The minimum atomic E-state index is -4.50. The summed E-state index contributed by atoms with van der Waals surface area (Å²) < 4.78 is 36.9. The lowest BCUT2D eigenvalue weighted by Crippen LogP contribution is -2.04. The number of benzene rings is 1. The molecule has 1 rings (SSSR count). The first-order chi connectivity index (χ1) is 7.30. The summed E-state index contributed by atoms with van der Waals surface area (Å²) >= 11 is 5.59. The van der Waals surface area contributed by atoms with Crippen LogP contribution in [0.4, 0.5) is 13.2 Å². The van der Waals surface area contributed by atoms with Crippen molar-refractivity contribution in [2.24, 2.45) is 0 Å². The van der Waals surface area contributed by atoms with Crippen LogP contribution >= 0.6 is 11.6 Å². The quantitative estimate of drug-likeness (QED) is 0.595. The standard InChI is InChI=1S/C9H5ClF3NO2/c10-8-2-1-7(9(11,12)13)5-6(8)3-4-14(15)16/h1-5H/b4-3+. The lowest BCUT2D eigenvalue weighted by Gasteiger charge is -2.07. The van der Waals surface area contributed by atoms with Gasteiger partial charge in [-0.1, -0.05) is 11.6 Å². The van der Waals surface area contributed by atoms with E-state index < -0.39 is 16.7 Å². The van der Waals surface area contributed by atoms with Gasteiger partial charge in [-0.25, -0.2) is 0 Å². The molecule has 0 fully saturated rings. The average molecular weight is 252 g/mol. The third kappa shape index (κ3) is 3.23. The fourth-order valence-electron chi connectivity index (χ4n) is 0.989.